The number of hydrogen-bond donors (Lipinski definition) is 1. The van der Waals surface area contributed by atoms with E-state index >= 15 is 0 Å². The molecule has 3 aromatic rings. The number of carbonyl (C=O) groups is 1. The van der Waals surface area contributed by atoms with E-state index in [-0.39, 0.29) is 5.91 Å². The molecule has 1 radical (unpaired) electrons. The van der Waals surface area contributed by atoms with Crippen molar-refractivity contribution < 1.29 is 9.53 Å². The van der Waals surface area contributed by atoms with E-state index in [2.05, 4.69) is 21.1 Å². The maximum absolute atomic E-state index is 12.4. The van der Waals surface area contributed by atoms with Gasteiger partial charge < -0.3 is 14.6 Å². The third-order valence-corrected chi connectivity index (χ3v) is 3.97. The van der Waals surface area contributed by atoms with Gasteiger partial charge in [-0.3, -0.25) is 4.79 Å². The maximum Gasteiger partial charge on any atom is 0.254 e. The summed E-state index contributed by atoms with van der Waals surface area (Å²) in [6.45, 7) is 2.51. The van der Waals surface area contributed by atoms with E-state index in [9.17, 15) is 4.79 Å². The lowest BCUT2D eigenvalue weighted by molar-refractivity contribution is 0.0303. The number of H-pyrrole nitrogens is 1. The van der Waals surface area contributed by atoms with Gasteiger partial charge in [0, 0.05) is 29.7 Å². The van der Waals surface area contributed by atoms with Gasteiger partial charge >= 0.3 is 0 Å². The SMILES string of the molecule is O=C(c1ccc(-c2cc3[c]ncnc3[nH]2)cc1)N1CCOCC1. The Hall–Kier alpha value is -2.73. The summed E-state index contributed by atoms with van der Waals surface area (Å²) in [6, 6.07) is 9.54. The molecule has 0 atom stereocenters. The Kier molecular flexibility index (Phi) is 3.51. The summed E-state index contributed by atoms with van der Waals surface area (Å²) in [5.74, 6) is 0.0516. The zero-order valence-corrected chi connectivity index (χ0v) is 12.5. The van der Waals surface area contributed by atoms with Crippen molar-refractivity contribution in [3.63, 3.8) is 0 Å². The first-order valence-electron chi connectivity index (χ1n) is 7.50. The Labute approximate surface area is 133 Å². The minimum absolute atomic E-state index is 0.0516. The highest BCUT2D eigenvalue weighted by molar-refractivity contribution is 5.95. The van der Waals surface area contributed by atoms with Crippen LogP contribution in [0.5, 0.6) is 0 Å². The molecule has 1 fully saturated rings. The van der Waals surface area contributed by atoms with Gasteiger partial charge in [-0.25, -0.2) is 9.97 Å². The number of benzene rings is 1. The first-order chi connectivity index (χ1) is 11.3. The van der Waals surface area contributed by atoms with E-state index < -0.39 is 0 Å². The lowest BCUT2D eigenvalue weighted by atomic mass is 10.1. The van der Waals surface area contributed by atoms with Gasteiger partial charge in [0.25, 0.3) is 5.91 Å². The third-order valence-electron chi connectivity index (χ3n) is 3.97. The van der Waals surface area contributed by atoms with Crippen LogP contribution in [0.2, 0.25) is 0 Å². The van der Waals surface area contributed by atoms with Crippen molar-refractivity contribution >= 4 is 16.9 Å². The normalized spacial score (nSPS) is 15.0. The summed E-state index contributed by atoms with van der Waals surface area (Å²) in [7, 11) is 0. The first kappa shape index (κ1) is 13.9. The lowest BCUT2D eigenvalue weighted by Gasteiger charge is -2.26. The van der Waals surface area contributed by atoms with Crippen LogP contribution in [-0.4, -0.2) is 52.1 Å². The van der Waals surface area contributed by atoms with Crippen LogP contribution in [0.1, 0.15) is 10.4 Å². The molecule has 4 rings (SSSR count). The predicted molar refractivity (Wildman–Crippen MR) is 84.9 cm³/mol. The second-order valence-corrected chi connectivity index (χ2v) is 5.41. The van der Waals surface area contributed by atoms with Crippen molar-refractivity contribution in [1.82, 2.24) is 19.9 Å². The van der Waals surface area contributed by atoms with Gasteiger partial charge in [-0.2, -0.15) is 0 Å². The molecule has 1 aliphatic rings. The van der Waals surface area contributed by atoms with Crippen LogP contribution < -0.4 is 0 Å². The fourth-order valence-corrected chi connectivity index (χ4v) is 2.71. The van der Waals surface area contributed by atoms with E-state index in [0.29, 0.717) is 31.9 Å². The molecule has 1 aromatic carbocycles. The Morgan fingerprint density at radius 2 is 2.00 bits per heavy atom. The minimum Gasteiger partial charge on any atom is -0.378 e. The number of carbonyl (C=O) groups excluding carboxylic acids is 1. The molecule has 2 aromatic heterocycles. The average molecular weight is 307 g/mol. The molecule has 0 bridgehead atoms. The standard InChI is InChI=1S/C17H15N4O2/c22-17(21-5-7-23-8-6-21)13-3-1-12(2-4-13)15-9-14-10-18-11-19-16(14)20-15/h1-4,9,11H,5-8H2,(H,18,19,20). The Morgan fingerprint density at radius 1 is 1.22 bits per heavy atom. The zero-order chi connectivity index (χ0) is 15.6. The van der Waals surface area contributed by atoms with Crippen LogP contribution in [0.25, 0.3) is 22.3 Å². The molecule has 0 unspecified atom stereocenters. The van der Waals surface area contributed by atoms with Crippen LogP contribution in [0.3, 0.4) is 0 Å². The number of fused-ring (bicyclic) bond motifs is 1. The van der Waals surface area contributed by atoms with Crippen LogP contribution >= 0.6 is 0 Å². The maximum atomic E-state index is 12.4. The summed E-state index contributed by atoms with van der Waals surface area (Å²) in [6.07, 6.45) is 4.36. The highest BCUT2D eigenvalue weighted by Crippen LogP contribution is 2.23. The van der Waals surface area contributed by atoms with Crippen molar-refractivity contribution in [2.75, 3.05) is 26.3 Å². The molecule has 0 aliphatic carbocycles. The molecular weight excluding hydrogens is 292 g/mol. The van der Waals surface area contributed by atoms with Crippen LogP contribution in [0, 0.1) is 6.20 Å². The molecule has 1 amide bonds. The van der Waals surface area contributed by atoms with E-state index in [1.165, 1.54) is 6.33 Å². The molecule has 23 heavy (non-hydrogen) atoms. The molecule has 1 aliphatic heterocycles. The van der Waals surface area contributed by atoms with Crippen molar-refractivity contribution in [2.45, 2.75) is 0 Å². The summed E-state index contributed by atoms with van der Waals surface area (Å²) < 4.78 is 5.28. The van der Waals surface area contributed by atoms with Crippen molar-refractivity contribution in [1.29, 1.82) is 0 Å². The second-order valence-electron chi connectivity index (χ2n) is 5.41. The fraction of sp³-hybridized carbons (Fsp3) is 0.235. The number of hydrogen-bond acceptors (Lipinski definition) is 4. The van der Waals surface area contributed by atoms with Crippen molar-refractivity contribution in [3.05, 3.63) is 48.4 Å². The number of rotatable bonds is 2. The lowest BCUT2D eigenvalue weighted by Crippen LogP contribution is -2.40. The van der Waals surface area contributed by atoms with Gasteiger partial charge in [-0.15, -0.1) is 0 Å². The number of amides is 1. The number of nitrogens with zero attached hydrogens (tertiary/aromatic N) is 3. The predicted octanol–water partition coefficient (Wildman–Crippen LogP) is 1.90. The molecule has 0 spiro atoms. The molecule has 3 heterocycles. The molecule has 6 nitrogen and oxygen atoms in total. The Bertz CT molecular complexity index is 802. The number of aromatic nitrogens is 3. The minimum atomic E-state index is 0.0516. The Morgan fingerprint density at radius 3 is 2.74 bits per heavy atom. The summed E-state index contributed by atoms with van der Waals surface area (Å²) >= 11 is 0. The van der Waals surface area contributed by atoms with Crippen LogP contribution in [0.15, 0.2) is 36.7 Å². The molecule has 115 valence electrons. The highest BCUT2D eigenvalue weighted by Gasteiger charge is 2.18. The fourth-order valence-electron chi connectivity index (χ4n) is 2.71. The monoisotopic (exact) mass is 307 g/mol. The summed E-state index contributed by atoms with van der Waals surface area (Å²) in [5.41, 5.74) is 3.37. The van der Waals surface area contributed by atoms with Gasteiger partial charge in [-0.05, 0) is 23.8 Å². The number of ether oxygens (including phenoxy) is 1. The zero-order valence-electron chi connectivity index (χ0n) is 12.5. The summed E-state index contributed by atoms with van der Waals surface area (Å²) in [4.78, 5) is 25.5. The van der Waals surface area contributed by atoms with Crippen LogP contribution in [-0.2, 0) is 4.74 Å². The van der Waals surface area contributed by atoms with E-state index in [1.807, 2.05) is 35.2 Å². The first-order valence-corrected chi connectivity index (χ1v) is 7.50. The van der Waals surface area contributed by atoms with Gasteiger partial charge in [-0.1, -0.05) is 12.1 Å². The summed E-state index contributed by atoms with van der Waals surface area (Å²) in [5, 5.41) is 0.843. The largest absolute Gasteiger partial charge is 0.378 e. The Balaban J connectivity index is 1.58. The van der Waals surface area contributed by atoms with Crippen molar-refractivity contribution in [2.24, 2.45) is 0 Å². The van der Waals surface area contributed by atoms with Crippen molar-refractivity contribution in [3.8, 4) is 11.3 Å². The highest BCUT2D eigenvalue weighted by atomic mass is 16.5. The topological polar surface area (TPSA) is 71.1 Å². The second kappa shape index (κ2) is 5.81. The van der Waals surface area contributed by atoms with Gasteiger partial charge in [0.05, 0.1) is 13.2 Å². The number of morpholine rings is 1. The quantitative estimate of drug-likeness (QED) is 0.785. The van der Waals surface area contributed by atoms with E-state index in [0.717, 1.165) is 22.3 Å². The molecule has 6 heteroatoms. The van der Waals surface area contributed by atoms with Gasteiger partial charge in [0.1, 0.15) is 18.2 Å². The number of aromatic amines is 1. The average Bonchev–Trinajstić information content (AvgIpc) is 3.06. The van der Waals surface area contributed by atoms with Crippen LogP contribution in [0.4, 0.5) is 0 Å². The van der Waals surface area contributed by atoms with E-state index in [4.69, 9.17) is 4.74 Å². The van der Waals surface area contributed by atoms with Gasteiger partial charge in [0.15, 0.2) is 0 Å². The smallest absolute Gasteiger partial charge is 0.254 e. The van der Waals surface area contributed by atoms with E-state index in [1.54, 1.807) is 0 Å². The molecule has 1 N–H and O–H groups in total. The molecular formula is C17H15N4O2. The third kappa shape index (κ3) is 2.68. The molecule has 1 saturated heterocycles. The number of nitrogens with one attached hydrogen (secondary N) is 1. The molecule has 0 saturated carbocycles. The van der Waals surface area contributed by atoms with Gasteiger partial charge in [0.2, 0.25) is 0 Å².